The van der Waals surface area contributed by atoms with E-state index in [1.54, 1.807) is 0 Å². The molecule has 0 radical (unpaired) electrons. The van der Waals surface area contributed by atoms with Crippen molar-refractivity contribution in [1.29, 1.82) is 0 Å². The first kappa shape index (κ1) is 23.6. The quantitative estimate of drug-likeness (QED) is 0.553. The number of aryl methyl sites for hydroxylation is 1. The summed E-state index contributed by atoms with van der Waals surface area (Å²) in [5.41, 5.74) is 2.50. The second-order valence-corrected chi connectivity index (χ2v) is 10.2. The van der Waals surface area contributed by atoms with E-state index in [2.05, 4.69) is 66.1 Å². The lowest BCUT2D eigenvalue weighted by molar-refractivity contribution is 0.0465. The molecule has 0 spiro atoms. The average molecular weight is 453 g/mol. The Morgan fingerprint density at radius 3 is 2.82 bits per heavy atom. The van der Waals surface area contributed by atoms with Crippen molar-refractivity contribution >= 4 is 10.9 Å². The molecule has 0 bridgehead atoms. The third kappa shape index (κ3) is 5.33. The molecule has 8 nitrogen and oxygen atoms in total. The van der Waals surface area contributed by atoms with Crippen molar-refractivity contribution in [1.82, 2.24) is 30.1 Å². The first-order valence-corrected chi connectivity index (χ1v) is 12.0. The van der Waals surface area contributed by atoms with Gasteiger partial charge in [-0.15, -0.1) is 5.10 Å². The van der Waals surface area contributed by atoms with Crippen LogP contribution < -0.4 is 5.56 Å². The van der Waals surface area contributed by atoms with Crippen LogP contribution in [0, 0.1) is 6.92 Å². The number of ether oxygens (including phenoxy) is 1. The average Bonchev–Trinajstić information content (AvgIpc) is 3.44. The van der Waals surface area contributed by atoms with Crippen LogP contribution in [0.5, 0.6) is 0 Å². The Hall–Kier alpha value is -2.58. The van der Waals surface area contributed by atoms with Crippen molar-refractivity contribution in [3.05, 3.63) is 51.6 Å². The zero-order chi connectivity index (χ0) is 23.6. The highest BCUT2D eigenvalue weighted by Crippen LogP contribution is 2.30. The van der Waals surface area contributed by atoms with Crippen LogP contribution in [0.1, 0.15) is 76.4 Å². The van der Waals surface area contributed by atoms with Gasteiger partial charge in [-0.1, -0.05) is 25.0 Å². The Morgan fingerprint density at radius 1 is 1.30 bits per heavy atom. The third-order valence-corrected chi connectivity index (χ3v) is 6.34. The molecular formula is C25H36N6O2. The van der Waals surface area contributed by atoms with E-state index < -0.39 is 0 Å². The first-order valence-electron chi connectivity index (χ1n) is 12.0. The summed E-state index contributed by atoms with van der Waals surface area (Å²) in [5, 5.41) is 13.8. The summed E-state index contributed by atoms with van der Waals surface area (Å²) in [6.07, 6.45) is 4.15. The van der Waals surface area contributed by atoms with E-state index in [-0.39, 0.29) is 23.2 Å². The Labute approximate surface area is 195 Å². The maximum atomic E-state index is 13.0. The van der Waals surface area contributed by atoms with E-state index in [4.69, 9.17) is 4.74 Å². The van der Waals surface area contributed by atoms with E-state index in [0.717, 1.165) is 61.1 Å². The molecule has 0 saturated carbocycles. The number of hydrogen-bond acceptors (Lipinski definition) is 6. The predicted molar refractivity (Wildman–Crippen MR) is 129 cm³/mol. The molecule has 8 heteroatoms. The lowest BCUT2D eigenvalue weighted by Gasteiger charge is -2.34. The minimum Gasteiger partial charge on any atom is -0.377 e. The largest absolute Gasteiger partial charge is 0.377 e. The van der Waals surface area contributed by atoms with Gasteiger partial charge in [-0.3, -0.25) is 9.69 Å². The monoisotopic (exact) mass is 452 g/mol. The number of pyridine rings is 1. The minimum absolute atomic E-state index is 0.0129. The van der Waals surface area contributed by atoms with Gasteiger partial charge in [0.15, 0.2) is 5.82 Å². The van der Waals surface area contributed by atoms with E-state index in [1.807, 2.05) is 22.9 Å². The molecule has 1 fully saturated rings. The highest BCUT2D eigenvalue weighted by molar-refractivity contribution is 5.79. The number of fused-ring (bicyclic) bond motifs is 1. The normalized spacial score (nSPS) is 17.8. The zero-order valence-electron chi connectivity index (χ0n) is 20.5. The second-order valence-electron chi connectivity index (χ2n) is 10.2. The SMILES string of the molecule is CCC[C@H](c1nnnn1C(C)(C)C)N(Cc1cc2cc(C)ccc2[nH]c1=O)C[C@H]1CCCO1. The molecule has 1 aromatic carbocycles. The lowest BCUT2D eigenvalue weighted by atomic mass is 10.0. The van der Waals surface area contributed by atoms with Crippen molar-refractivity contribution in [3.63, 3.8) is 0 Å². The number of H-pyrrole nitrogens is 1. The summed E-state index contributed by atoms with van der Waals surface area (Å²) in [6.45, 7) is 12.6. The van der Waals surface area contributed by atoms with Crippen LogP contribution in [0.3, 0.4) is 0 Å². The molecule has 0 amide bonds. The van der Waals surface area contributed by atoms with Gasteiger partial charge in [-0.2, -0.15) is 0 Å². The van der Waals surface area contributed by atoms with Crippen molar-refractivity contribution in [2.24, 2.45) is 0 Å². The Balaban J connectivity index is 1.74. The van der Waals surface area contributed by atoms with Gasteiger partial charge in [-0.25, -0.2) is 4.68 Å². The number of tetrazole rings is 1. The van der Waals surface area contributed by atoms with Gasteiger partial charge in [0, 0.05) is 30.8 Å². The molecule has 33 heavy (non-hydrogen) atoms. The molecule has 0 aliphatic carbocycles. The van der Waals surface area contributed by atoms with E-state index in [0.29, 0.717) is 6.54 Å². The van der Waals surface area contributed by atoms with Crippen molar-refractivity contribution in [2.75, 3.05) is 13.2 Å². The van der Waals surface area contributed by atoms with Crippen LogP contribution in [-0.4, -0.2) is 49.3 Å². The van der Waals surface area contributed by atoms with Crippen molar-refractivity contribution < 1.29 is 4.74 Å². The summed E-state index contributed by atoms with van der Waals surface area (Å²) < 4.78 is 7.91. The van der Waals surface area contributed by atoms with Gasteiger partial charge >= 0.3 is 0 Å². The number of nitrogens with zero attached hydrogens (tertiary/aromatic N) is 5. The summed E-state index contributed by atoms with van der Waals surface area (Å²) >= 11 is 0. The number of aromatic nitrogens is 5. The third-order valence-electron chi connectivity index (χ3n) is 6.34. The van der Waals surface area contributed by atoms with Crippen LogP contribution in [0.2, 0.25) is 0 Å². The summed E-state index contributed by atoms with van der Waals surface area (Å²) in [6, 6.07) is 8.12. The molecule has 1 aliphatic rings. The van der Waals surface area contributed by atoms with Crippen LogP contribution in [0.25, 0.3) is 10.9 Å². The number of aromatic amines is 1. The van der Waals surface area contributed by atoms with E-state index in [9.17, 15) is 4.79 Å². The molecule has 1 N–H and O–H groups in total. The number of nitrogens with one attached hydrogen (secondary N) is 1. The smallest absolute Gasteiger partial charge is 0.252 e. The Morgan fingerprint density at radius 2 is 2.12 bits per heavy atom. The number of rotatable bonds is 8. The highest BCUT2D eigenvalue weighted by Gasteiger charge is 2.32. The molecule has 1 aliphatic heterocycles. The fraction of sp³-hybridized carbons (Fsp3) is 0.600. The summed E-state index contributed by atoms with van der Waals surface area (Å²) in [7, 11) is 0. The Bertz CT molecular complexity index is 1140. The van der Waals surface area contributed by atoms with Crippen LogP contribution in [0.4, 0.5) is 0 Å². The molecule has 1 saturated heterocycles. The fourth-order valence-electron chi connectivity index (χ4n) is 4.69. The van der Waals surface area contributed by atoms with Gasteiger partial charge in [0.05, 0.1) is 17.7 Å². The van der Waals surface area contributed by atoms with E-state index in [1.165, 1.54) is 5.56 Å². The zero-order valence-corrected chi connectivity index (χ0v) is 20.5. The van der Waals surface area contributed by atoms with Gasteiger partial charge in [0.1, 0.15) is 0 Å². The van der Waals surface area contributed by atoms with Gasteiger partial charge in [0.2, 0.25) is 0 Å². The fourth-order valence-corrected chi connectivity index (χ4v) is 4.69. The van der Waals surface area contributed by atoms with Crippen LogP contribution in [-0.2, 0) is 16.8 Å². The summed E-state index contributed by atoms with van der Waals surface area (Å²) in [4.78, 5) is 18.4. The highest BCUT2D eigenvalue weighted by atomic mass is 16.5. The molecular weight excluding hydrogens is 416 g/mol. The standard InChI is InChI=1S/C25H36N6O2/c1-6-8-22(23-27-28-29-31(23)25(3,4)5)30(16-20-9-7-12-33-20)15-19-14-18-13-17(2)10-11-21(18)26-24(19)32/h10-11,13-14,20,22H,6-9,12,15-16H2,1-5H3,(H,26,32)/t20-,22-/m1/s1. The van der Waals surface area contributed by atoms with Gasteiger partial charge < -0.3 is 9.72 Å². The number of hydrogen-bond donors (Lipinski definition) is 1. The molecule has 0 unspecified atom stereocenters. The minimum atomic E-state index is -0.238. The van der Waals surface area contributed by atoms with Gasteiger partial charge in [-0.05, 0) is 81.0 Å². The summed E-state index contributed by atoms with van der Waals surface area (Å²) in [5.74, 6) is 0.843. The van der Waals surface area contributed by atoms with E-state index >= 15 is 0 Å². The van der Waals surface area contributed by atoms with Crippen LogP contribution in [0.15, 0.2) is 29.1 Å². The molecule has 4 rings (SSSR count). The molecule has 3 heterocycles. The Kier molecular flexibility index (Phi) is 6.95. The molecule has 3 aromatic rings. The maximum absolute atomic E-state index is 13.0. The lowest BCUT2D eigenvalue weighted by Crippen LogP contribution is -2.39. The number of benzene rings is 1. The topological polar surface area (TPSA) is 88.9 Å². The molecule has 2 atom stereocenters. The van der Waals surface area contributed by atoms with Gasteiger partial charge in [0.25, 0.3) is 5.56 Å². The second kappa shape index (κ2) is 9.73. The van der Waals surface area contributed by atoms with Crippen molar-refractivity contribution in [3.8, 4) is 0 Å². The maximum Gasteiger partial charge on any atom is 0.252 e. The predicted octanol–water partition coefficient (Wildman–Crippen LogP) is 4.10. The first-order chi connectivity index (χ1) is 15.8. The molecule has 178 valence electrons. The van der Waals surface area contributed by atoms with Crippen molar-refractivity contribution in [2.45, 2.75) is 84.5 Å². The van der Waals surface area contributed by atoms with Crippen LogP contribution >= 0.6 is 0 Å². The molecule has 2 aromatic heterocycles.